The Bertz CT molecular complexity index is 1030. The Morgan fingerprint density at radius 1 is 1.11 bits per heavy atom. The molecule has 1 fully saturated rings. The van der Waals surface area contributed by atoms with E-state index in [1.54, 1.807) is 30.2 Å². The van der Waals surface area contributed by atoms with E-state index >= 15 is 0 Å². The molecule has 7 heteroatoms. The van der Waals surface area contributed by atoms with E-state index < -0.39 is 0 Å². The third-order valence-corrected chi connectivity index (χ3v) is 4.90. The number of carbonyl (C=O) groups excluding carboxylic acids is 1. The highest BCUT2D eigenvalue weighted by Crippen LogP contribution is 2.27. The van der Waals surface area contributed by atoms with Gasteiger partial charge in [-0.2, -0.15) is 5.26 Å². The molecule has 0 bridgehead atoms. The zero-order chi connectivity index (χ0) is 19.5. The number of carbonyl (C=O) groups is 1. The van der Waals surface area contributed by atoms with Crippen LogP contribution in [-0.2, 0) is 0 Å². The molecule has 1 aliphatic heterocycles. The Balaban J connectivity index is 1.53. The lowest BCUT2D eigenvalue weighted by Crippen LogP contribution is -2.49. The van der Waals surface area contributed by atoms with Gasteiger partial charge in [0.25, 0.3) is 5.91 Å². The molecule has 0 N–H and O–H groups in total. The molecule has 0 unspecified atom stereocenters. The highest BCUT2D eigenvalue weighted by atomic mass is 16.5. The maximum atomic E-state index is 13.2. The average Bonchev–Trinajstić information content (AvgIpc) is 3.15. The van der Waals surface area contributed by atoms with Gasteiger partial charge in [-0.15, -0.1) is 0 Å². The molecule has 0 atom stereocenters. The zero-order valence-electron chi connectivity index (χ0n) is 15.5. The van der Waals surface area contributed by atoms with E-state index in [0.717, 1.165) is 5.56 Å². The highest BCUT2D eigenvalue weighted by molar-refractivity contribution is 6.00. The van der Waals surface area contributed by atoms with Gasteiger partial charge in [0, 0.05) is 37.9 Å². The zero-order valence-corrected chi connectivity index (χ0v) is 15.5. The molecule has 140 valence electrons. The lowest BCUT2D eigenvalue weighted by molar-refractivity contribution is 0.0745. The van der Waals surface area contributed by atoms with Gasteiger partial charge in [0.05, 0.1) is 5.56 Å². The second-order valence-electron chi connectivity index (χ2n) is 6.59. The van der Waals surface area contributed by atoms with Gasteiger partial charge >= 0.3 is 0 Å². The van der Waals surface area contributed by atoms with E-state index in [1.165, 1.54) is 0 Å². The van der Waals surface area contributed by atoms with Gasteiger partial charge in [-0.05, 0) is 19.1 Å². The molecule has 2 aromatic heterocycles. The molecule has 4 rings (SSSR count). The van der Waals surface area contributed by atoms with Crippen molar-refractivity contribution < 1.29 is 9.32 Å². The summed E-state index contributed by atoms with van der Waals surface area (Å²) in [5, 5.41) is 13.4. The molecule has 0 radical (unpaired) electrons. The quantitative estimate of drug-likeness (QED) is 0.702. The summed E-state index contributed by atoms with van der Waals surface area (Å²) in [7, 11) is 0. The Morgan fingerprint density at radius 2 is 1.86 bits per heavy atom. The number of amides is 1. The molecule has 1 aromatic carbocycles. The van der Waals surface area contributed by atoms with Crippen LogP contribution in [0.2, 0.25) is 0 Å². The van der Waals surface area contributed by atoms with Crippen molar-refractivity contribution in [3.63, 3.8) is 0 Å². The molecule has 7 nitrogen and oxygen atoms in total. The number of hydrogen-bond acceptors (Lipinski definition) is 6. The van der Waals surface area contributed by atoms with Crippen molar-refractivity contribution in [2.24, 2.45) is 0 Å². The van der Waals surface area contributed by atoms with E-state index in [9.17, 15) is 10.1 Å². The minimum absolute atomic E-state index is 0.0845. The summed E-state index contributed by atoms with van der Waals surface area (Å²) in [5.41, 5.74) is 2.48. The lowest BCUT2D eigenvalue weighted by Gasteiger charge is -2.35. The minimum Gasteiger partial charge on any atom is -0.360 e. The fraction of sp³-hybridized carbons (Fsp3) is 0.238. The lowest BCUT2D eigenvalue weighted by atomic mass is 10.0. The van der Waals surface area contributed by atoms with Crippen LogP contribution in [0.15, 0.2) is 53.2 Å². The predicted octanol–water partition coefficient (Wildman–Crippen LogP) is 2.88. The monoisotopic (exact) mass is 373 g/mol. The van der Waals surface area contributed by atoms with Crippen LogP contribution in [0.5, 0.6) is 0 Å². The van der Waals surface area contributed by atoms with Crippen molar-refractivity contribution in [1.82, 2.24) is 15.0 Å². The Kier molecular flexibility index (Phi) is 4.77. The molecule has 1 amide bonds. The topological polar surface area (TPSA) is 86.3 Å². The van der Waals surface area contributed by atoms with Crippen molar-refractivity contribution in [2.75, 3.05) is 31.1 Å². The van der Waals surface area contributed by atoms with Crippen molar-refractivity contribution in [1.29, 1.82) is 5.26 Å². The second-order valence-corrected chi connectivity index (χ2v) is 6.59. The molecular formula is C21H19N5O2. The van der Waals surface area contributed by atoms with Crippen molar-refractivity contribution in [3.05, 3.63) is 65.5 Å². The number of nitriles is 1. The SMILES string of the molecule is Cc1onc(-c2ccccc2)c1C(=O)N1CCN(c2ncccc2C#N)CC1. The molecule has 0 aliphatic carbocycles. The number of nitrogens with zero attached hydrogens (tertiary/aromatic N) is 5. The molecule has 28 heavy (non-hydrogen) atoms. The van der Waals surface area contributed by atoms with Gasteiger partial charge in [-0.25, -0.2) is 4.98 Å². The van der Waals surface area contributed by atoms with Gasteiger partial charge in [-0.1, -0.05) is 35.5 Å². The Hall–Kier alpha value is -3.66. The van der Waals surface area contributed by atoms with E-state index in [-0.39, 0.29) is 5.91 Å². The van der Waals surface area contributed by atoms with Crippen LogP contribution >= 0.6 is 0 Å². The molecule has 0 saturated carbocycles. The molecule has 1 saturated heterocycles. The van der Waals surface area contributed by atoms with E-state index in [4.69, 9.17) is 4.52 Å². The highest BCUT2D eigenvalue weighted by Gasteiger charge is 2.29. The number of pyridine rings is 1. The van der Waals surface area contributed by atoms with Crippen LogP contribution in [0.4, 0.5) is 5.82 Å². The van der Waals surface area contributed by atoms with Crippen molar-refractivity contribution in [2.45, 2.75) is 6.92 Å². The Labute approximate surface area is 162 Å². The molecular weight excluding hydrogens is 354 g/mol. The number of benzene rings is 1. The van der Waals surface area contributed by atoms with E-state index in [2.05, 4.69) is 16.2 Å². The van der Waals surface area contributed by atoms with Gasteiger partial charge in [0.1, 0.15) is 28.9 Å². The van der Waals surface area contributed by atoms with Crippen LogP contribution in [-0.4, -0.2) is 47.1 Å². The van der Waals surface area contributed by atoms with Crippen molar-refractivity contribution in [3.8, 4) is 17.3 Å². The van der Waals surface area contributed by atoms with Crippen LogP contribution in [0.25, 0.3) is 11.3 Å². The minimum atomic E-state index is -0.0845. The van der Waals surface area contributed by atoms with Gasteiger partial charge in [0.2, 0.25) is 0 Å². The van der Waals surface area contributed by atoms with Crippen molar-refractivity contribution >= 4 is 11.7 Å². The maximum absolute atomic E-state index is 13.2. The fourth-order valence-corrected chi connectivity index (χ4v) is 3.43. The van der Waals surface area contributed by atoms with E-state index in [1.807, 2.05) is 35.2 Å². The number of rotatable bonds is 3. The first-order valence-electron chi connectivity index (χ1n) is 9.10. The molecule has 3 heterocycles. The smallest absolute Gasteiger partial charge is 0.259 e. The standard InChI is InChI=1S/C21H19N5O2/c1-15-18(19(24-28-15)16-6-3-2-4-7-16)21(27)26-12-10-25(11-13-26)20-17(14-22)8-5-9-23-20/h2-9H,10-13H2,1H3. The number of hydrogen-bond donors (Lipinski definition) is 0. The summed E-state index contributed by atoms with van der Waals surface area (Å²) < 4.78 is 5.33. The first kappa shape index (κ1) is 17.7. The predicted molar refractivity (Wildman–Crippen MR) is 104 cm³/mol. The third kappa shape index (κ3) is 3.21. The first-order chi connectivity index (χ1) is 13.7. The van der Waals surface area contributed by atoms with Gasteiger partial charge < -0.3 is 14.3 Å². The first-order valence-corrected chi connectivity index (χ1v) is 9.10. The average molecular weight is 373 g/mol. The van der Waals surface area contributed by atoms with Crippen LogP contribution in [0.3, 0.4) is 0 Å². The summed E-state index contributed by atoms with van der Waals surface area (Å²) in [5.74, 6) is 1.10. The second kappa shape index (κ2) is 7.53. The van der Waals surface area contributed by atoms with Crippen LogP contribution < -0.4 is 4.90 Å². The summed E-state index contributed by atoms with van der Waals surface area (Å²) >= 11 is 0. The largest absolute Gasteiger partial charge is 0.360 e. The van der Waals surface area contributed by atoms with Gasteiger partial charge in [-0.3, -0.25) is 4.79 Å². The molecule has 1 aliphatic rings. The summed E-state index contributed by atoms with van der Waals surface area (Å²) in [6, 6.07) is 15.2. The molecule has 0 spiro atoms. The number of aryl methyl sites for hydroxylation is 1. The number of anilines is 1. The normalized spacial score (nSPS) is 14.0. The third-order valence-electron chi connectivity index (χ3n) is 4.90. The Morgan fingerprint density at radius 3 is 2.57 bits per heavy atom. The van der Waals surface area contributed by atoms with Crippen LogP contribution in [0, 0.1) is 18.3 Å². The molecule has 3 aromatic rings. The summed E-state index contributed by atoms with van der Waals surface area (Å²) in [4.78, 5) is 21.4. The van der Waals surface area contributed by atoms with E-state index in [0.29, 0.717) is 54.6 Å². The number of piperazine rings is 1. The summed E-state index contributed by atoms with van der Waals surface area (Å²) in [6.45, 7) is 4.07. The maximum Gasteiger partial charge on any atom is 0.259 e. The van der Waals surface area contributed by atoms with Gasteiger partial charge in [0.15, 0.2) is 0 Å². The van der Waals surface area contributed by atoms with Crippen LogP contribution in [0.1, 0.15) is 21.7 Å². The number of aromatic nitrogens is 2. The fourth-order valence-electron chi connectivity index (χ4n) is 3.43. The summed E-state index contributed by atoms with van der Waals surface area (Å²) in [6.07, 6.45) is 1.68.